The van der Waals surface area contributed by atoms with Crippen molar-refractivity contribution < 1.29 is 18.9 Å². The molecule has 4 aliphatic heterocycles. The Morgan fingerprint density at radius 2 is 0.905 bits per heavy atom. The summed E-state index contributed by atoms with van der Waals surface area (Å²) in [4.78, 5) is 4.78. The Kier molecular flexibility index (Phi) is 7.30. The van der Waals surface area contributed by atoms with E-state index in [1.165, 1.54) is 33.6 Å². The quantitative estimate of drug-likeness (QED) is 0.240. The Morgan fingerprint density at radius 1 is 0.548 bits per heavy atom. The molecule has 42 heavy (non-hydrogen) atoms. The van der Waals surface area contributed by atoms with Crippen LogP contribution in [0.1, 0.15) is 56.4 Å². The van der Waals surface area contributed by atoms with Crippen molar-refractivity contribution >= 4 is 11.4 Å². The minimum Gasteiger partial charge on any atom is -0.371 e. The summed E-state index contributed by atoms with van der Waals surface area (Å²) in [7, 11) is 0. The summed E-state index contributed by atoms with van der Waals surface area (Å²) in [6.45, 7) is 15.5. The Morgan fingerprint density at radius 3 is 1.26 bits per heavy atom. The SMILES string of the molecule is CC(C)(c1ccc(N(CC2CO2)CC2CO2)cc1)c1ccc(C(C)(C)c2ccc(N(CC3CO3)C3CCO3)cc2)cc1. The van der Waals surface area contributed by atoms with Crippen LogP contribution in [0, 0.1) is 0 Å². The van der Waals surface area contributed by atoms with Crippen molar-refractivity contribution in [2.75, 3.05) is 55.9 Å². The van der Waals surface area contributed by atoms with Crippen LogP contribution in [0.5, 0.6) is 0 Å². The summed E-state index contributed by atoms with van der Waals surface area (Å²) >= 11 is 0. The van der Waals surface area contributed by atoms with Gasteiger partial charge in [-0.1, -0.05) is 76.2 Å². The first-order chi connectivity index (χ1) is 20.3. The highest BCUT2D eigenvalue weighted by Gasteiger charge is 2.34. The van der Waals surface area contributed by atoms with Gasteiger partial charge >= 0.3 is 0 Å². The largest absolute Gasteiger partial charge is 0.371 e. The summed E-state index contributed by atoms with van der Waals surface area (Å²) in [6.07, 6.45) is 2.32. The first-order valence-corrected chi connectivity index (χ1v) is 15.6. The predicted molar refractivity (Wildman–Crippen MR) is 167 cm³/mol. The number of anilines is 2. The van der Waals surface area contributed by atoms with Crippen LogP contribution < -0.4 is 9.80 Å². The lowest BCUT2D eigenvalue weighted by atomic mass is 9.74. The number of hydrogen-bond acceptors (Lipinski definition) is 6. The van der Waals surface area contributed by atoms with E-state index in [1.54, 1.807) is 0 Å². The van der Waals surface area contributed by atoms with Crippen molar-refractivity contribution in [3.8, 4) is 0 Å². The van der Waals surface area contributed by atoms with Gasteiger partial charge in [0.05, 0.1) is 44.7 Å². The van der Waals surface area contributed by atoms with Gasteiger partial charge < -0.3 is 28.7 Å². The van der Waals surface area contributed by atoms with E-state index in [4.69, 9.17) is 18.9 Å². The van der Waals surface area contributed by atoms with E-state index in [1.807, 2.05) is 0 Å². The second kappa shape index (κ2) is 11.0. The molecule has 4 heterocycles. The molecule has 4 saturated heterocycles. The Hall–Kier alpha value is -2.90. The maximum atomic E-state index is 5.82. The van der Waals surface area contributed by atoms with Gasteiger partial charge in [0.25, 0.3) is 0 Å². The number of nitrogens with zero attached hydrogens (tertiary/aromatic N) is 2. The normalized spacial score (nSPS) is 24.6. The summed E-state index contributed by atoms with van der Waals surface area (Å²) < 4.78 is 22.4. The minimum absolute atomic E-state index is 0.106. The molecule has 0 amide bonds. The molecule has 6 nitrogen and oxygen atoms in total. The van der Waals surface area contributed by atoms with E-state index >= 15 is 0 Å². The van der Waals surface area contributed by atoms with Crippen LogP contribution in [-0.4, -0.2) is 70.6 Å². The highest BCUT2D eigenvalue weighted by atomic mass is 16.6. The third kappa shape index (κ3) is 5.96. The molecule has 4 fully saturated rings. The lowest BCUT2D eigenvalue weighted by molar-refractivity contribution is -0.0516. The van der Waals surface area contributed by atoms with Gasteiger partial charge in [-0.15, -0.1) is 0 Å². The topological polar surface area (TPSA) is 53.3 Å². The Balaban J connectivity index is 1.05. The Labute approximate surface area is 250 Å². The lowest BCUT2D eigenvalue weighted by Crippen LogP contribution is -2.46. The molecule has 0 bridgehead atoms. The van der Waals surface area contributed by atoms with Gasteiger partial charge in [0.15, 0.2) is 0 Å². The van der Waals surface area contributed by atoms with Crippen LogP contribution in [-0.2, 0) is 29.8 Å². The van der Waals surface area contributed by atoms with E-state index in [0.29, 0.717) is 18.3 Å². The fourth-order valence-electron chi connectivity index (χ4n) is 6.17. The molecule has 0 saturated carbocycles. The summed E-state index contributed by atoms with van der Waals surface area (Å²) in [5.74, 6) is 0. The lowest BCUT2D eigenvalue weighted by Gasteiger charge is -2.39. The van der Waals surface area contributed by atoms with Gasteiger partial charge in [-0.25, -0.2) is 0 Å². The molecule has 3 aromatic rings. The number of hydrogen-bond donors (Lipinski definition) is 0. The van der Waals surface area contributed by atoms with E-state index in [-0.39, 0.29) is 17.1 Å². The number of rotatable bonds is 13. The van der Waals surface area contributed by atoms with Gasteiger partial charge in [-0.3, -0.25) is 0 Å². The van der Waals surface area contributed by atoms with Gasteiger partial charge in [-0.05, 0) is 46.5 Å². The number of epoxide rings is 3. The highest BCUT2D eigenvalue weighted by Crippen LogP contribution is 2.37. The summed E-state index contributed by atoms with van der Waals surface area (Å²) in [5.41, 5.74) is 7.50. The predicted octanol–water partition coefficient (Wildman–Crippen LogP) is 5.89. The Bertz CT molecular complexity index is 1340. The fraction of sp³-hybridized carbons (Fsp3) is 0.500. The van der Waals surface area contributed by atoms with Gasteiger partial charge in [-0.2, -0.15) is 0 Å². The molecule has 0 radical (unpaired) electrons. The number of benzene rings is 3. The second-order valence-electron chi connectivity index (χ2n) is 13.5. The van der Waals surface area contributed by atoms with E-state index in [2.05, 4.69) is 110 Å². The molecule has 0 spiro atoms. The third-order valence-corrected chi connectivity index (χ3v) is 9.68. The van der Waals surface area contributed by atoms with Gasteiger partial charge in [0.2, 0.25) is 0 Å². The monoisotopic (exact) mass is 568 g/mol. The zero-order valence-corrected chi connectivity index (χ0v) is 25.4. The van der Waals surface area contributed by atoms with E-state index in [0.717, 1.165) is 52.5 Å². The van der Waals surface area contributed by atoms with Crippen LogP contribution in [0.3, 0.4) is 0 Å². The average molecular weight is 569 g/mol. The van der Waals surface area contributed by atoms with Crippen molar-refractivity contribution in [2.24, 2.45) is 0 Å². The first-order valence-electron chi connectivity index (χ1n) is 15.6. The first kappa shape index (κ1) is 27.9. The maximum Gasteiger partial charge on any atom is 0.132 e. The minimum atomic E-state index is -0.111. The molecule has 4 aliphatic rings. The molecule has 7 rings (SSSR count). The maximum absolute atomic E-state index is 5.82. The van der Waals surface area contributed by atoms with Gasteiger partial charge in [0.1, 0.15) is 6.23 Å². The second-order valence-corrected chi connectivity index (χ2v) is 13.5. The number of ether oxygens (including phenoxy) is 4. The molecule has 0 N–H and O–H groups in total. The van der Waals surface area contributed by atoms with Crippen LogP contribution >= 0.6 is 0 Å². The zero-order chi connectivity index (χ0) is 28.9. The summed E-state index contributed by atoms with van der Waals surface area (Å²) in [6, 6.07) is 27.4. The van der Waals surface area contributed by atoms with Crippen LogP contribution in [0.25, 0.3) is 0 Å². The molecular formula is C36H44N2O4. The van der Waals surface area contributed by atoms with Crippen molar-refractivity contribution in [3.05, 3.63) is 95.1 Å². The smallest absolute Gasteiger partial charge is 0.132 e. The molecule has 6 heteroatoms. The standard InChI is InChI=1S/C36H44N2O4/c1-35(2,27-9-13-29(14-10-27)37(19-31-22-40-31)20-32-23-41-32)25-5-7-26(8-6-25)36(3,4)28-11-15-30(16-12-28)38(21-33-24-42-33)34-17-18-39-34/h5-16,31-34H,17-24H2,1-4H3. The van der Waals surface area contributed by atoms with E-state index in [9.17, 15) is 0 Å². The van der Waals surface area contributed by atoms with Crippen molar-refractivity contribution in [2.45, 2.75) is 69.5 Å². The summed E-state index contributed by atoms with van der Waals surface area (Å²) in [5, 5.41) is 0. The molecule has 222 valence electrons. The van der Waals surface area contributed by atoms with E-state index < -0.39 is 0 Å². The highest BCUT2D eigenvalue weighted by molar-refractivity contribution is 5.53. The average Bonchev–Trinajstić information content (AvgIpc) is 3.82. The molecule has 3 aromatic carbocycles. The van der Waals surface area contributed by atoms with Gasteiger partial charge in [0, 0.05) is 48.3 Å². The van der Waals surface area contributed by atoms with Crippen LogP contribution in [0.2, 0.25) is 0 Å². The van der Waals surface area contributed by atoms with Crippen molar-refractivity contribution in [1.29, 1.82) is 0 Å². The zero-order valence-electron chi connectivity index (χ0n) is 25.4. The molecule has 0 aromatic heterocycles. The van der Waals surface area contributed by atoms with Crippen molar-refractivity contribution in [3.63, 3.8) is 0 Å². The molecule has 0 aliphatic carbocycles. The van der Waals surface area contributed by atoms with Crippen molar-refractivity contribution in [1.82, 2.24) is 0 Å². The molecule has 4 atom stereocenters. The molecule has 4 unspecified atom stereocenters. The van der Waals surface area contributed by atoms with Crippen LogP contribution in [0.4, 0.5) is 11.4 Å². The van der Waals surface area contributed by atoms with Crippen LogP contribution in [0.15, 0.2) is 72.8 Å². The fourth-order valence-corrected chi connectivity index (χ4v) is 6.17. The molecular weight excluding hydrogens is 524 g/mol. The third-order valence-electron chi connectivity index (χ3n) is 9.68.